The molecule has 0 aliphatic rings. The van der Waals surface area contributed by atoms with Gasteiger partial charge in [-0.1, -0.05) is 13.3 Å². The summed E-state index contributed by atoms with van der Waals surface area (Å²) in [6, 6.07) is 2.86. The van der Waals surface area contributed by atoms with Gasteiger partial charge in [0.25, 0.3) is 5.69 Å². The SMILES string of the molecule is CCCC(C)(Nc1ccc([N+](=O)[O-])c(C)n1)C(=O)OC. The van der Waals surface area contributed by atoms with Crippen LogP contribution in [0.3, 0.4) is 0 Å². The Bertz CT molecular complexity index is 518. The molecule has 0 bridgehead atoms. The van der Waals surface area contributed by atoms with E-state index in [4.69, 9.17) is 4.74 Å². The summed E-state index contributed by atoms with van der Waals surface area (Å²) in [5.41, 5.74) is -0.659. The van der Waals surface area contributed by atoms with Gasteiger partial charge in [-0.25, -0.2) is 9.78 Å². The number of esters is 1. The van der Waals surface area contributed by atoms with Crippen LogP contribution in [0.1, 0.15) is 32.4 Å². The van der Waals surface area contributed by atoms with Crippen molar-refractivity contribution in [2.75, 3.05) is 12.4 Å². The van der Waals surface area contributed by atoms with E-state index in [0.717, 1.165) is 6.42 Å². The molecule has 1 N–H and O–H groups in total. The standard InChI is InChI=1S/C13H19N3O4/c1-5-8-13(3,12(17)20-4)15-11-7-6-10(16(18)19)9(2)14-11/h6-7H,5,8H2,1-4H3,(H,14,15). The van der Waals surface area contributed by atoms with Gasteiger partial charge in [-0.3, -0.25) is 10.1 Å². The Hall–Kier alpha value is -2.18. The molecule has 20 heavy (non-hydrogen) atoms. The summed E-state index contributed by atoms with van der Waals surface area (Å²) in [4.78, 5) is 26.2. The number of pyridine rings is 1. The smallest absolute Gasteiger partial charge is 0.331 e. The average Bonchev–Trinajstić information content (AvgIpc) is 2.37. The van der Waals surface area contributed by atoms with E-state index >= 15 is 0 Å². The minimum atomic E-state index is -0.904. The first-order valence-electron chi connectivity index (χ1n) is 6.32. The molecule has 0 aliphatic carbocycles. The maximum atomic E-state index is 11.9. The fourth-order valence-corrected chi connectivity index (χ4v) is 2.04. The van der Waals surface area contributed by atoms with Gasteiger partial charge in [0.15, 0.2) is 0 Å². The molecule has 7 nitrogen and oxygen atoms in total. The van der Waals surface area contributed by atoms with Gasteiger partial charge >= 0.3 is 5.97 Å². The van der Waals surface area contributed by atoms with E-state index in [0.29, 0.717) is 17.9 Å². The van der Waals surface area contributed by atoms with Gasteiger partial charge in [0.2, 0.25) is 0 Å². The number of nitro groups is 1. The highest BCUT2D eigenvalue weighted by Crippen LogP contribution is 2.23. The summed E-state index contributed by atoms with van der Waals surface area (Å²) < 4.78 is 4.79. The zero-order valence-electron chi connectivity index (χ0n) is 12.1. The van der Waals surface area contributed by atoms with Crippen molar-refractivity contribution in [1.29, 1.82) is 0 Å². The van der Waals surface area contributed by atoms with Crippen LogP contribution in [0.2, 0.25) is 0 Å². The molecule has 1 aromatic heterocycles. The van der Waals surface area contributed by atoms with Crippen molar-refractivity contribution in [1.82, 2.24) is 4.98 Å². The largest absolute Gasteiger partial charge is 0.467 e. The molecule has 0 saturated carbocycles. The molecule has 7 heteroatoms. The van der Waals surface area contributed by atoms with E-state index in [2.05, 4.69) is 10.3 Å². The maximum absolute atomic E-state index is 11.9. The molecule has 0 saturated heterocycles. The number of nitrogens with one attached hydrogen (secondary N) is 1. The molecule has 0 aromatic carbocycles. The van der Waals surface area contributed by atoms with E-state index in [1.54, 1.807) is 13.8 Å². The van der Waals surface area contributed by atoms with Gasteiger partial charge in [-0.15, -0.1) is 0 Å². The number of ether oxygens (including phenoxy) is 1. The van der Waals surface area contributed by atoms with Gasteiger partial charge < -0.3 is 10.1 Å². The fourth-order valence-electron chi connectivity index (χ4n) is 2.04. The first-order chi connectivity index (χ1) is 9.34. The molecular weight excluding hydrogens is 262 g/mol. The van der Waals surface area contributed by atoms with Crippen LogP contribution in [0.4, 0.5) is 11.5 Å². The van der Waals surface area contributed by atoms with Crippen molar-refractivity contribution >= 4 is 17.5 Å². The lowest BCUT2D eigenvalue weighted by Gasteiger charge is -2.28. The minimum absolute atomic E-state index is 0.0502. The predicted molar refractivity (Wildman–Crippen MR) is 74.6 cm³/mol. The third-order valence-corrected chi connectivity index (χ3v) is 3.04. The Kier molecular flexibility index (Phi) is 5.01. The Morgan fingerprint density at radius 1 is 1.55 bits per heavy atom. The molecule has 0 aliphatic heterocycles. The Labute approximate surface area is 117 Å². The third kappa shape index (κ3) is 3.43. The molecule has 1 rings (SSSR count). The van der Waals surface area contributed by atoms with E-state index in [9.17, 15) is 14.9 Å². The van der Waals surface area contributed by atoms with E-state index in [-0.39, 0.29) is 5.69 Å². The number of anilines is 1. The van der Waals surface area contributed by atoms with Gasteiger partial charge in [0, 0.05) is 6.07 Å². The Morgan fingerprint density at radius 3 is 2.65 bits per heavy atom. The summed E-state index contributed by atoms with van der Waals surface area (Å²) in [7, 11) is 1.33. The molecule has 0 spiro atoms. The van der Waals surface area contributed by atoms with Crippen LogP contribution >= 0.6 is 0 Å². The Morgan fingerprint density at radius 2 is 2.20 bits per heavy atom. The van der Waals surface area contributed by atoms with Crippen LogP contribution in [0.5, 0.6) is 0 Å². The topological polar surface area (TPSA) is 94.4 Å². The number of hydrogen-bond acceptors (Lipinski definition) is 6. The summed E-state index contributed by atoms with van der Waals surface area (Å²) in [5.74, 6) is 0.0200. The monoisotopic (exact) mass is 281 g/mol. The first kappa shape index (κ1) is 15.9. The highest BCUT2D eigenvalue weighted by Gasteiger charge is 2.34. The van der Waals surface area contributed by atoms with Crippen LogP contribution in [-0.2, 0) is 9.53 Å². The molecule has 1 atom stereocenters. The maximum Gasteiger partial charge on any atom is 0.331 e. The summed E-state index contributed by atoms with van der Waals surface area (Å²) >= 11 is 0. The highest BCUT2D eigenvalue weighted by molar-refractivity contribution is 5.83. The number of carbonyl (C=O) groups excluding carboxylic acids is 1. The second-order valence-corrected chi connectivity index (χ2v) is 4.76. The summed E-state index contributed by atoms with van der Waals surface area (Å²) in [5, 5.41) is 13.8. The lowest BCUT2D eigenvalue weighted by molar-refractivity contribution is -0.385. The first-order valence-corrected chi connectivity index (χ1v) is 6.32. The molecule has 0 fully saturated rings. The summed E-state index contributed by atoms with van der Waals surface area (Å²) in [6.45, 7) is 5.23. The molecular formula is C13H19N3O4. The van der Waals surface area contributed by atoms with Crippen molar-refractivity contribution < 1.29 is 14.5 Å². The minimum Gasteiger partial charge on any atom is -0.467 e. The van der Waals surface area contributed by atoms with E-state index in [1.165, 1.54) is 19.2 Å². The normalized spacial score (nSPS) is 13.4. The summed E-state index contributed by atoms with van der Waals surface area (Å²) in [6.07, 6.45) is 1.35. The number of rotatable bonds is 6. The van der Waals surface area contributed by atoms with E-state index < -0.39 is 16.4 Å². The fraction of sp³-hybridized carbons (Fsp3) is 0.538. The molecule has 1 aromatic rings. The quantitative estimate of drug-likeness (QED) is 0.489. The van der Waals surface area contributed by atoms with Crippen LogP contribution in [-0.4, -0.2) is 28.5 Å². The lowest BCUT2D eigenvalue weighted by atomic mass is 9.96. The van der Waals surface area contributed by atoms with Crippen molar-refractivity contribution in [3.8, 4) is 0 Å². The number of nitrogens with zero attached hydrogens (tertiary/aromatic N) is 2. The second kappa shape index (κ2) is 6.31. The average molecular weight is 281 g/mol. The number of methoxy groups -OCH3 is 1. The van der Waals surface area contributed by atoms with Gasteiger partial charge in [-0.2, -0.15) is 0 Å². The number of aromatic nitrogens is 1. The van der Waals surface area contributed by atoms with Crippen LogP contribution < -0.4 is 5.32 Å². The molecule has 1 heterocycles. The number of aryl methyl sites for hydroxylation is 1. The van der Waals surface area contributed by atoms with Crippen LogP contribution in [0, 0.1) is 17.0 Å². The van der Waals surface area contributed by atoms with Crippen LogP contribution in [0.25, 0.3) is 0 Å². The zero-order valence-corrected chi connectivity index (χ0v) is 12.1. The number of hydrogen-bond donors (Lipinski definition) is 1. The lowest BCUT2D eigenvalue weighted by Crippen LogP contribution is -2.44. The molecule has 0 radical (unpaired) electrons. The highest BCUT2D eigenvalue weighted by atomic mass is 16.6. The Balaban J connectivity index is 3.03. The molecule has 0 amide bonds. The molecule has 110 valence electrons. The van der Waals surface area contributed by atoms with E-state index in [1.807, 2.05) is 6.92 Å². The van der Waals surface area contributed by atoms with Gasteiger partial charge in [-0.05, 0) is 26.3 Å². The second-order valence-electron chi connectivity index (χ2n) is 4.76. The van der Waals surface area contributed by atoms with Crippen molar-refractivity contribution in [2.45, 2.75) is 39.2 Å². The number of carbonyl (C=O) groups is 1. The third-order valence-electron chi connectivity index (χ3n) is 3.04. The predicted octanol–water partition coefficient (Wildman–Crippen LogP) is 2.44. The molecule has 1 unspecified atom stereocenters. The van der Waals surface area contributed by atoms with Crippen molar-refractivity contribution in [3.05, 3.63) is 27.9 Å². The van der Waals surface area contributed by atoms with Gasteiger partial charge in [0.1, 0.15) is 17.1 Å². The van der Waals surface area contributed by atoms with Gasteiger partial charge in [0.05, 0.1) is 12.0 Å². The van der Waals surface area contributed by atoms with Crippen LogP contribution in [0.15, 0.2) is 12.1 Å². The van der Waals surface area contributed by atoms with Crippen molar-refractivity contribution in [3.63, 3.8) is 0 Å². The zero-order chi connectivity index (χ0) is 15.3. The van der Waals surface area contributed by atoms with Crippen molar-refractivity contribution in [2.24, 2.45) is 0 Å².